The lowest BCUT2D eigenvalue weighted by molar-refractivity contribution is -0.139. The van der Waals surface area contributed by atoms with Crippen LogP contribution in [0.3, 0.4) is 0 Å². The minimum absolute atomic E-state index is 0.229. The van der Waals surface area contributed by atoms with Crippen LogP contribution in [0.25, 0.3) is 10.2 Å². The molecule has 4 amide bonds. The normalized spacial score (nSPS) is 17.8. The first-order valence-electron chi connectivity index (χ1n) is 9.52. The van der Waals surface area contributed by atoms with E-state index in [1.165, 1.54) is 11.3 Å². The van der Waals surface area contributed by atoms with E-state index in [2.05, 4.69) is 15.5 Å². The van der Waals surface area contributed by atoms with Gasteiger partial charge in [0.05, 0.1) is 15.9 Å². The molecule has 162 valence electrons. The van der Waals surface area contributed by atoms with Crippen LogP contribution in [-0.4, -0.2) is 34.3 Å². The molecule has 0 radical (unpaired) electrons. The maximum Gasteiger partial charge on any atom is 0.349 e. The van der Waals surface area contributed by atoms with Crippen molar-refractivity contribution in [2.75, 3.05) is 4.90 Å². The van der Waals surface area contributed by atoms with E-state index in [0.717, 1.165) is 9.60 Å². The molecule has 0 saturated carbocycles. The van der Waals surface area contributed by atoms with E-state index in [0.29, 0.717) is 22.3 Å². The second-order valence-electron chi connectivity index (χ2n) is 7.09. The van der Waals surface area contributed by atoms with E-state index in [1.807, 2.05) is 17.6 Å². The van der Waals surface area contributed by atoms with Gasteiger partial charge >= 0.3 is 11.9 Å². The fraction of sp³-hybridized carbons (Fsp3) is 0.143. The van der Waals surface area contributed by atoms with Gasteiger partial charge in [-0.1, -0.05) is 30.3 Å². The Morgan fingerprint density at radius 1 is 1.06 bits per heavy atom. The molecule has 32 heavy (non-hydrogen) atoms. The molecule has 1 atom stereocenters. The van der Waals surface area contributed by atoms with Crippen LogP contribution in [0, 0.1) is 13.8 Å². The number of thiazole rings is 1. The number of benzene rings is 2. The van der Waals surface area contributed by atoms with E-state index in [-0.39, 0.29) is 10.7 Å². The number of amides is 4. The summed E-state index contributed by atoms with van der Waals surface area (Å²) in [4.78, 5) is 56.7. The third-order valence-electron chi connectivity index (χ3n) is 5.00. The van der Waals surface area contributed by atoms with Crippen molar-refractivity contribution in [3.63, 3.8) is 0 Å². The van der Waals surface area contributed by atoms with Gasteiger partial charge in [-0.05, 0) is 37.1 Å². The lowest BCUT2D eigenvalue weighted by Crippen LogP contribution is -2.56. The highest BCUT2D eigenvalue weighted by Crippen LogP contribution is 2.35. The number of piperidine rings is 1. The minimum Gasteiger partial charge on any atom is -0.287 e. The van der Waals surface area contributed by atoms with Crippen molar-refractivity contribution >= 4 is 56.6 Å². The number of nitrogens with zero attached hydrogens (tertiary/aromatic N) is 3. The summed E-state index contributed by atoms with van der Waals surface area (Å²) in [6.45, 7) is 3.45. The molecule has 10 nitrogen and oxygen atoms in total. The highest BCUT2D eigenvalue weighted by Gasteiger charge is 2.49. The van der Waals surface area contributed by atoms with Crippen LogP contribution in [0.15, 0.2) is 47.6 Å². The van der Waals surface area contributed by atoms with Crippen LogP contribution in [0.4, 0.5) is 10.5 Å². The van der Waals surface area contributed by atoms with Gasteiger partial charge in [-0.25, -0.2) is 25.9 Å². The number of aromatic nitrogens is 1. The number of hydrazine groups is 1. The summed E-state index contributed by atoms with van der Waals surface area (Å²) in [6, 6.07) is 11.5. The Labute approximate surface area is 186 Å². The molecule has 0 spiro atoms. The second-order valence-corrected chi connectivity index (χ2v) is 8.15. The minimum atomic E-state index is -1.36. The summed E-state index contributed by atoms with van der Waals surface area (Å²) in [5.74, 6) is 1.03. The van der Waals surface area contributed by atoms with Gasteiger partial charge in [0.1, 0.15) is 16.6 Å². The third kappa shape index (κ3) is 3.53. The van der Waals surface area contributed by atoms with E-state index in [9.17, 15) is 19.2 Å². The Balaban J connectivity index is 1.87. The maximum atomic E-state index is 13.5. The Hall–Kier alpha value is -3.96. The number of carbonyl (C=O) groups excluding carboxylic acids is 4. The quantitative estimate of drug-likeness (QED) is 0.182. The zero-order valence-electron chi connectivity index (χ0n) is 17.1. The van der Waals surface area contributed by atoms with Crippen molar-refractivity contribution in [2.24, 2.45) is 10.9 Å². The summed E-state index contributed by atoms with van der Waals surface area (Å²) in [6.07, 6.45) is 0. The summed E-state index contributed by atoms with van der Waals surface area (Å²) in [5, 5.41) is 4.09. The summed E-state index contributed by atoms with van der Waals surface area (Å²) < 4.78 is 0.777. The van der Waals surface area contributed by atoms with Crippen molar-refractivity contribution in [3.05, 3.63) is 58.6 Å². The second kappa shape index (κ2) is 8.29. The van der Waals surface area contributed by atoms with Crippen LogP contribution >= 0.6 is 11.3 Å². The van der Waals surface area contributed by atoms with E-state index in [4.69, 9.17) is 5.84 Å². The zero-order valence-corrected chi connectivity index (χ0v) is 17.9. The van der Waals surface area contributed by atoms with Crippen molar-refractivity contribution in [3.8, 4) is 0 Å². The van der Waals surface area contributed by atoms with Gasteiger partial charge in [-0.2, -0.15) is 5.10 Å². The zero-order chi connectivity index (χ0) is 23.0. The molecule has 11 heteroatoms. The van der Waals surface area contributed by atoms with Crippen LogP contribution in [0.5, 0.6) is 0 Å². The molecule has 3 aromatic rings. The van der Waals surface area contributed by atoms with Gasteiger partial charge < -0.3 is 0 Å². The number of nitrogens with two attached hydrogens (primary N) is 1. The molecule has 1 fully saturated rings. The Kier molecular flexibility index (Phi) is 5.51. The molecule has 0 unspecified atom stereocenters. The van der Waals surface area contributed by atoms with Crippen molar-refractivity contribution in [2.45, 2.75) is 19.8 Å². The maximum absolute atomic E-state index is 13.5. The number of aryl methyl sites for hydroxylation is 2. The lowest BCUT2D eigenvalue weighted by atomic mass is 9.91. The number of carbonyl (C=O) groups is 4. The molecule has 0 bridgehead atoms. The number of Topliss-reactive ketones (excluding diaryl/α,β-unsaturated/α-hetero) is 1. The Bertz CT molecular complexity index is 1260. The number of hydrazone groups is 1. The first kappa shape index (κ1) is 21.3. The molecule has 4 N–H and O–H groups in total. The number of nitrogens with one attached hydrogen (secondary N) is 2. The number of fused-ring (bicyclic) bond motifs is 1. The van der Waals surface area contributed by atoms with Crippen molar-refractivity contribution < 1.29 is 19.2 Å². The number of hydrogen-bond acceptors (Lipinski definition) is 8. The third-order valence-corrected chi connectivity index (χ3v) is 6.10. The van der Waals surface area contributed by atoms with Crippen LogP contribution < -0.4 is 21.6 Å². The molecule has 1 aliphatic heterocycles. The van der Waals surface area contributed by atoms with Gasteiger partial charge in [0.2, 0.25) is 5.78 Å². The SMILES string of the molecule is Cc1cccc(C)c1N1C(=O)C(=O)[C@@H](c2nc3ccccc3s2)/C(=N\NC(=O)NN)C1=O. The first-order chi connectivity index (χ1) is 15.3. The average molecular weight is 450 g/mol. The van der Waals surface area contributed by atoms with Crippen LogP contribution in [0.1, 0.15) is 22.1 Å². The number of para-hydroxylation sites is 2. The van der Waals surface area contributed by atoms with Crippen molar-refractivity contribution in [1.82, 2.24) is 15.8 Å². The van der Waals surface area contributed by atoms with Crippen LogP contribution in [0.2, 0.25) is 0 Å². The molecule has 1 saturated heterocycles. The summed E-state index contributed by atoms with van der Waals surface area (Å²) in [7, 11) is 0. The molecular formula is C21H18N6O4S. The number of imide groups is 1. The number of anilines is 1. The van der Waals surface area contributed by atoms with Crippen molar-refractivity contribution in [1.29, 1.82) is 0 Å². The van der Waals surface area contributed by atoms with Gasteiger partial charge in [0.15, 0.2) is 0 Å². The number of urea groups is 1. The smallest absolute Gasteiger partial charge is 0.287 e. The van der Waals surface area contributed by atoms with Gasteiger partial charge in [-0.3, -0.25) is 19.8 Å². The average Bonchev–Trinajstić information content (AvgIpc) is 3.20. The predicted octanol–water partition coefficient (Wildman–Crippen LogP) is 1.67. The molecule has 4 rings (SSSR count). The van der Waals surface area contributed by atoms with E-state index < -0.39 is 29.5 Å². The molecular weight excluding hydrogens is 432 g/mol. The van der Waals surface area contributed by atoms with Gasteiger partial charge in [0.25, 0.3) is 5.91 Å². The predicted molar refractivity (Wildman–Crippen MR) is 119 cm³/mol. The molecule has 1 aliphatic rings. The molecule has 2 aromatic carbocycles. The fourth-order valence-corrected chi connectivity index (χ4v) is 4.62. The van der Waals surface area contributed by atoms with E-state index >= 15 is 0 Å². The highest BCUT2D eigenvalue weighted by atomic mass is 32.1. The monoisotopic (exact) mass is 450 g/mol. The highest BCUT2D eigenvalue weighted by molar-refractivity contribution is 7.19. The summed E-state index contributed by atoms with van der Waals surface area (Å²) in [5.41, 5.74) is 5.75. The largest absolute Gasteiger partial charge is 0.349 e. The van der Waals surface area contributed by atoms with E-state index in [1.54, 1.807) is 44.2 Å². The molecule has 0 aliphatic carbocycles. The van der Waals surface area contributed by atoms with Crippen LogP contribution in [-0.2, 0) is 14.4 Å². The van der Waals surface area contributed by atoms with Gasteiger partial charge in [-0.15, -0.1) is 11.3 Å². The summed E-state index contributed by atoms with van der Waals surface area (Å²) >= 11 is 1.17. The van der Waals surface area contributed by atoms with Gasteiger partial charge in [0, 0.05) is 0 Å². The number of ketones is 1. The molecule has 2 heterocycles. The first-order valence-corrected chi connectivity index (χ1v) is 10.3. The number of hydrogen-bond donors (Lipinski definition) is 3. The standard InChI is InChI=1S/C21H18N6O4S/c1-10-6-5-7-11(2)16(10)27-19(29)15(25-26-21(31)24-22)14(17(28)20(27)30)18-23-12-8-3-4-9-13(12)32-18/h3-9,14H,22H2,1-2H3,(H2,24,26,31)/b25-15+/t14-/m0/s1. The Morgan fingerprint density at radius 2 is 1.75 bits per heavy atom. The topological polar surface area (TPSA) is 147 Å². The Morgan fingerprint density at radius 3 is 2.41 bits per heavy atom. The molecule has 1 aromatic heterocycles. The lowest BCUT2D eigenvalue weighted by Gasteiger charge is -2.30. The fourth-order valence-electron chi connectivity index (χ4n) is 3.55. The number of rotatable bonds is 3.